The van der Waals surface area contributed by atoms with Gasteiger partial charge >= 0.3 is 0 Å². The zero-order valence-electron chi connectivity index (χ0n) is 8.57. The Labute approximate surface area is 88.5 Å². The third-order valence-electron chi connectivity index (χ3n) is 2.49. The van der Waals surface area contributed by atoms with Gasteiger partial charge in [-0.3, -0.25) is 4.79 Å². The fraction of sp³-hybridized carbons (Fsp3) is 0.545. The first-order chi connectivity index (χ1) is 7.24. The lowest BCUT2D eigenvalue weighted by Crippen LogP contribution is -2.05. The summed E-state index contributed by atoms with van der Waals surface area (Å²) in [6.07, 6.45) is 3.03. The van der Waals surface area contributed by atoms with E-state index in [0.717, 1.165) is 0 Å². The molecule has 15 heavy (non-hydrogen) atoms. The van der Waals surface area contributed by atoms with Crippen molar-refractivity contribution in [3.05, 3.63) is 22.8 Å². The molecule has 0 amide bonds. The summed E-state index contributed by atoms with van der Waals surface area (Å²) in [5.74, 6) is -0.0303. The third-order valence-corrected chi connectivity index (χ3v) is 2.49. The highest BCUT2D eigenvalue weighted by atomic mass is 16.3. The first-order valence-corrected chi connectivity index (χ1v) is 5.01. The maximum atomic E-state index is 11.5. The number of carbonyl (C=O) groups is 1. The summed E-state index contributed by atoms with van der Waals surface area (Å²) in [4.78, 5) is 11.5. The van der Waals surface area contributed by atoms with Crippen molar-refractivity contribution < 1.29 is 20.1 Å². The van der Waals surface area contributed by atoms with Crippen LogP contribution in [0.15, 0.2) is 22.8 Å². The summed E-state index contributed by atoms with van der Waals surface area (Å²) >= 11 is 0. The number of hydrogen-bond acceptors (Lipinski definition) is 4. The Morgan fingerprint density at radius 1 is 1.27 bits per heavy atom. The molecule has 0 spiro atoms. The van der Waals surface area contributed by atoms with E-state index in [2.05, 4.69) is 0 Å². The number of carbonyl (C=O) groups excluding carboxylic acids is 1. The van der Waals surface area contributed by atoms with Crippen LogP contribution in [0.25, 0.3) is 0 Å². The van der Waals surface area contributed by atoms with Gasteiger partial charge in [-0.1, -0.05) is 6.08 Å². The molecule has 0 atom stereocenters. The Bertz CT molecular complexity index is 302. The highest BCUT2D eigenvalue weighted by Crippen LogP contribution is 2.28. The van der Waals surface area contributed by atoms with Crippen LogP contribution in [-0.4, -0.2) is 40.9 Å². The van der Waals surface area contributed by atoms with Crippen molar-refractivity contribution in [2.24, 2.45) is 0 Å². The van der Waals surface area contributed by atoms with E-state index in [1.807, 2.05) is 0 Å². The zero-order valence-corrected chi connectivity index (χ0v) is 8.57. The van der Waals surface area contributed by atoms with E-state index in [-0.39, 0.29) is 25.6 Å². The zero-order chi connectivity index (χ0) is 11.3. The molecule has 1 aliphatic carbocycles. The maximum absolute atomic E-state index is 11.5. The molecular weight excluding hydrogens is 196 g/mol. The molecule has 1 rings (SSSR count). The van der Waals surface area contributed by atoms with Crippen molar-refractivity contribution in [2.45, 2.75) is 19.3 Å². The smallest absolute Gasteiger partial charge is 0.163 e. The van der Waals surface area contributed by atoms with Gasteiger partial charge in [-0.2, -0.15) is 0 Å². The van der Waals surface area contributed by atoms with E-state index in [0.29, 0.717) is 36.0 Å². The lowest BCUT2D eigenvalue weighted by atomic mass is 10.0. The second-order valence-corrected chi connectivity index (χ2v) is 3.46. The molecule has 0 bridgehead atoms. The maximum Gasteiger partial charge on any atom is 0.163 e. The largest absolute Gasteiger partial charge is 0.396 e. The average molecular weight is 212 g/mol. The van der Waals surface area contributed by atoms with E-state index < -0.39 is 0 Å². The minimum absolute atomic E-state index is 0.0145. The molecule has 3 N–H and O–H groups in total. The minimum Gasteiger partial charge on any atom is -0.396 e. The van der Waals surface area contributed by atoms with Crippen molar-refractivity contribution in [1.29, 1.82) is 0 Å². The monoisotopic (exact) mass is 212 g/mol. The predicted octanol–water partition coefficient (Wildman–Crippen LogP) is -0.0607. The molecule has 0 heterocycles. The van der Waals surface area contributed by atoms with Gasteiger partial charge in [0.05, 0.1) is 13.2 Å². The quantitative estimate of drug-likeness (QED) is 0.596. The van der Waals surface area contributed by atoms with Gasteiger partial charge in [0.1, 0.15) is 0 Å². The molecule has 0 saturated heterocycles. The SMILES string of the molecule is O=C1CCC(CO)=C1/C(=C/CCO)CO. The second-order valence-electron chi connectivity index (χ2n) is 3.46. The van der Waals surface area contributed by atoms with Crippen LogP contribution in [-0.2, 0) is 4.79 Å². The molecule has 0 fully saturated rings. The van der Waals surface area contributed by atoms with Gasteiger partial charge in [0.2, 0.25) is 0 Å². The summed E-state index contributed by atoms with van der Waals surface area (Å²) in [5.41, 5.74) is 1.68. The van der Waals surface area contributed by atoms with E-state index >= 15 is 0 Å². The van der Waals surface area contributed by atoms with Crippen molar-refractivity contribution in [1.82, 2.24) is 0 Å². The number of aliphatic hydroxyl groups excluding tert-OH is 3. The van der Waals surface area contributed by atoms with Crippen molar-refractivity contribution in [2.75, 3.05) is 19.8 Å². The summed E-state index contributed by atoms with van der Waals surface area (Å²) < 4.78 is 0. The summed E-state index contributed by atoms with van der Waals surface area (Å²) in [5, 5.41) is 26.8. The number of Topliss-reactive ketones (excluding diaryl/α,β-unsaturated/α-hetero) is 1. The summed E-state index contributed by atoms with van der Waals surface area (Å²) in [6.45, 7) is -0.387. The van der Waals surface area contributed by atoms with Crippen molar-refractivity contribution >= 4 is 5.78 Å². The molecule has 0 aromatic carbocycles. The molecular formula is C11H16O4. The first-order valence-electron chi connectivity index (χ1n) is 5.01. The van der Waals surface area contributed by atoms with Gasteiger partial charge in [-0.15, -0.1) is 0 Å². The second kappa shape index (κ2) is 5.80. The number of ketones is 1. The van der Waals surface area contributed by atoms with Crippen molar-refractivity contribution in [3.8, 4) is 0 Å². The molecule has 84 valence electrons. The van der Waals surface area contributed by atoms with E-state index in [4.69, 9.17) is 15.3 Å². The number of aliphatic hydroxyl groups is 3. The highest BCUT2D eigenvalue weighted by Gasteiger charge is 2.24. The molecule has 0 aliphatic heterocycles. The van der Waals surface area contributed by atoms with Crippen LogP contribution in [0.1, 0.15) is 19.3 Å². The van der Waals surface area contributed by atoms with Crippen LogP contribution in [0.5, 0.6) is 0 Å². The van der Waals surface area contributed by atoms with Crippen LogP contribution < -0.4 is 0 Å². The first kappa shape index (κ1) is 12.1. The van der Waals surface area contributed by atoms with E-state index in [1.54, 1.807) is 6.08 Å². The molecule has 0 aromatic rings. The number of rotatable bonds is 5. The van der Waals surface area contributed by atoms with Crippen LogP contribution in [0, 0.1) is 0 Å². The predicted molar refractivity (Wildman–Crippen MR) is 55.2 cm³/mol. The molecule has 0 aromatic heterocycles. The van der Waals surface area contributed by atoms with Gasteiger partial charge in [-0.05, 0) is 24.0 Å². The molecule has 0 unspecified atom stereocenters. The van der Waals surface area contributed by atoms with Crippen LogP contribution in [0.3, 0.4) is 0 Å². The molecule has 0 saturated carbocycles. The van der Waals surface area contributed by atoms with E-state index in [9.17, 15) is 4.79 Å². The Hall–Kier alpha value is -0.970. The Morgan fingerprint density at radius 3 is 2.53 bits per heavy atom. The Balaban J connectivity index is 2.95. The molecule has 0 radical (unpaired) electrons. The lowest BCUT2D eigenvalue weighted by molar-refractivity contribution is -0.114. The van der Waals surface area contributed by atoms with Crippen LogP contribution >= 0.6 is 0 Å². The normalized spacial score (nSPS) is 17.8. The van der Waals surface area contributed by atoms with Gasteiger partial charge in [0.25, 0.3) is 0 Å². The molecule has 4 nitrogen and oxygen atoms in total. The van der Waals surface area contributed by atoms with Crippen molar-refractivity contribution in [3.63, 3.8) is 0 Å². The van der Waals surface area contributed by atoms with Crippen LogP contribution in [0.2, 0.25) is 0 Å². The standard InChI is InChI=1S/C11H16O4/c12-5-1-2-8(6-13)11-9(7-14)3-4-10(11)15/h2,12-14H,1,3-7H2/b8-2+. The molecule has 4 heteroatoms. The lowest BCUT2D eigenvalue weighted by Gasteiger charge is -2.06. The minimum atomic E-state index is -0.232. The molecule has 1 aliphatic rings. The van der Waals surface area contributed by atoms with Gasteiger partial charge in [-0.25, -0.2) is 0 Å². The Kier molecular flexibility index (Phi) is 4.68. The van der Waals surface area contributed by atoms with Gasteiger partial charge in [0.15, 0.2) is 5.78 Å². The summed E-state index contributed by atoms with van der Waals surface area (Å²) in [6, 6.07) is 0. The van der Waals surface area contributed by atoms with Gasteiger partial charge < -0.3 is 15.3 Å². The number of hydrogen-bond donors (Lipinski definition) is 3. The highest BCUT2D eigenvalue weighted by molar-refractivity contribution is 6.02. The Morgan fingerprint density at radius 2 is 2.00 bits per heavy atom. The summed E-state index contributed by atoms with van der Waals surface area (Å²) in [7, 11) is 0. The third kappa shape index (κ3) is 2.75. The fourth-order valence-corrected chi connectivity index (χ4v) is 1.76. The average Bonchev–Trinajstić information content (AvgIpc) is 2.62. The topological polar surface area (TPSA) is 77.8 Å². The van der Waals surface area contributed by atoms with Gasteiger partial charge in [0, 0.05) is 18.6 Å². The fourth-order valence-electron chi connectivity index (χ4n) is 1.76. The van der Waals surface area contributed by atoms with E-state index in [1.165, 1.54) is 0 Å². The van der Waals surface area contributed by atoms with Crippen LogP contribution in [0.4, 0.5) is 0 Å².